The first-order chi connectivity index (χ1) is 8.20. The molecule has 0 spiro atoms. The van der Waals surface area contributed by atoms with Crippen molar-refractivity contribution in [1.29, 1.82) is 0 Å². The number of hydrogen-bond donors (Lipinski definition) is 1. The topological polar surface area (TPSA) is 70.1 Å². The molecule has 0 amide bonds. The summed E-state index contributed by atoms with van der Waals surface area (Å²) in [7, 11) is 0. The van der Waals surface area contributed by atoms with Crippen molar-refractivity contribution in [3.63, 3.8) is 0 Å². The van der Waals surface area contributed by atoms with E-state index in [0.29, 0.717) is 18.0 Å². The third-order valence-electron chi connectivity index (χ3n) is 2.30. The van der Waals surface area contributed by atoms with Crippen LogP contribution in [0.3, 0.4) is 0 Å². The summed E-state index contributed by atoms with van der Waals surface area (Å²) >= 11 is 0. The Hall–Kier alpha value is -2.30. The molecule has 0 atom stereocenters. The molecule has 0 fully saturated rings. The highest BCUT2D eigenvalue weighted by atomic mass is 16.5. The summed E-state index contributed by atoms with van der Waals surface area (Å²) in [6, 6.07) is 6.87. The fourth-order valence-corrected chi connectivity index (χ4v) is 1.44. The molecule has 2 N–H and O–H groups in total. The van der Waals surface area contributed by atoms with Gasteiger partial charge >= 0.3 is 5.56 Å². The average Bonchev–Trinajstić information content (AvgIpc) is 2.32. The minimum atomic E-state index is -0.252. The van der Waals surface area contributed by atoms with Crippen molar-refractivity contribution >= 4 is 5.69 Å². The number of ether oxygens (including phenoxy) is 1. The lowest BCUT2D eigenvalue weighted by atomic mass is 10.3. The molecule has 0 aliphatic carbocycles. The minimum absolute atomic E-state index is 0.0555. The number of nitrogen functional groups attached to an aromatic ring is 1. The minimum Gasteiger partial charge on any atom is -0.435 e. The number of rotatable bonds is 3. The molecule has 2 aromatic rings. The molecule has 2 rings (SSSR count). The summed E-state index contributed by atoms with van der Waals surface area (Å²) in [4.78, 5) is 15.7. The van der Waals surface area contributed by atoms with Gasteiger partial charge in [0.25, 0.3) is 5.88 Å². The first-order valence-corrected chi connectivity index (χ1v) is 5.29. The molecular formula is C12H13N3O2. The number of nitrogens with zero attached hydrogens (tertiary/aromatic N) is 2. The van der Waals surface area contributed by atoms with Crippen LogP contribution >= 0.6 is 0 Å². The summed E-state index contributed by atoms with van der Waals surface area (Å²) in [6.45, 7) is 2.46. The lowest BCUT2D eigenvalue weighted by Gasteiger charge is -2.06. The molecule has 5 nitrogen and oxygen atoms in total. The predicted molar refractivity (Wildman–Crippen MR) is 65.1 cm³/mol. The van der Waals surface area contributed by atoms with Gasteiger partial charge in [-0.15, -0.1) is 0 Å². The Morgan fingerprint density at radius 3 is 3.00 bits per heavy atom. The van der Waals surface area contributed by atoms with E-state index in [1.807, 2.05) is 6.92 Å². The van der Waals surface area contributed by atoms with Crippen LogP contribution in [0.1, 0.15) is 6.92 Å². The van der Waals surface area contributed by atoms with Crippen molar-refractivity contribution < 1.29 is 4.74 Å². The molecule has 1 aromatic carbocycles. The van der Waals surface area contributed by atoms with Gasteiger partial charge in [0.05, 0.1) is 0 Å². The van der Waals surface area contributed by atoms with Gasteiger partial charge in [0, 0.05) is 30.7 Å². The van der Waals surface area contributed by atoms with Crippen LogP contribution in [0.2, 0.25) is 0 Å². The van der Waals surface area contributed by atoms with Crippen molar-refractivity contribution in [2.45, 2.75) is 13.5 Å². The Morgan fingerprint density at radius 1 is 1.47 bits per heavy atom. The SMILES string of the molecule is CCn1ccnc(Oc2cccc(N)c2)c1=O. The summed E-state index contributed by atoms with van der Waals surface area (Å²) in [5.41, 5.74) is 5.95. The van der Waals surface area contributed by atoms with E-state index in [2.05, 4.69) is 4.98 Å². The van der Waals surface area contributed by atoms with E-state index < -0.39 is 0 Å². The second kappa shape index (κ2) is 4.69. The van der Waals surface area contributed by atoms with Crippen LogP contribution in [-0.4, -0.2) is 9.55 Å². The summed E-state index contributed by atoms with van der Waals surface area (Å²) in [6.07, 6.45) is 3.15. The maximum absolute atomic E-state index is 11.8. The molecule has 0 aliphatic heterocycles. The molecule has 1 heterocycles. The maximum atomic E-state index is 11.8. The monoisotopic (exact) mass is 231 g/mol. The number of hydrogen-bond acceptors (Lipinski definition) is 4. The van der Waals surface area contributed by atoms with E-state index in [4.69, 9.17) is 10.5 Å². The molecule has 0 saturated heterocycles. The van der Waals surface area contributed by atoms with Gasteiger partial charge in [0.15, 0.2) is 0 Å². The van der Waals surface area contributed by atoms with Gasteiger partial charge in [-0.25, -0.2) is 4.98 Å². The van der Waals surface area contributed by atoms with E-state index in [0.717, 1.165) is 0 Å². The largest absolute Gasteiger partial charge is 0.435 e. The Labute approximate surface area is 98.5 Å². The Morgan fingerprint density at radius 2 is 2.29 bits per heavy atom. The molecule has 88 valence electrons. The van der Waals surface area contributed by atoms with Crippen molar-refractivity contribution in [3.8, 4) is 11.6 Å². The number of aryl methyl sites for hydroxylation is 1. The van der Waals surface area contributed by atoms with Crippen LogP contribution in [0.5, 0.6) is 11.6 Å². The van der Waals surface area contributed by atoms with Gasteiger partial charge in [0.2, 0.25) is 0 Å². The Kier molecular flexibility index (Phi) is 3.09. The van der Waals surface area contributed by atoms with Gasteiger partial charge < -0.3 is 15.0 Å². The zero-order valence-electron chi connectivity index (χ0n) is 9.46. The predicted octanol–water partition coefficient (Wildman–Crippen LogP) is 1.64. The van der Waals surface area contributed by atoms with Crippen LogP contribution in [0.25, 0.3) is 0 Å². The molecule has 0 radical (unpaired) electrons. The fraction of sp³-hybridized carbons (Fsp3) is 0.167. The molecular weight excluding hydrogens is 218 g/mol. The second-order valence-corrected chi connectivity index (χ2v) is 3.50. The van der Waals surface area contributed by atoms with Gasteiger partial charge in [-0.2, -0.15) is 0 Å². The Bertz CT molecular complexity index is 578. The highest BCUT2D eigenvalue weighted by Gasteiger charge is 2.06. The number of nitrogens with two attached hydrogens (primary N) is 1. The van der Waals surface area contributed by atoms with E-state index in [-0.39, 0.29) is 11.4 Å². The van der Waals surface area contributed by atoms with Gasteiger partial charge in [0.1, 0.15) is 5.75 Å². The van der Waals surface area contributed by atoms with Crippen LogP contribution in [0.4, 0.5) is 5.69 Å². The van der Waals surface area contributed by atoms with Crippen molar-refractivity contribution in [2.24, 2.45) is 0 Å². The lowest BCUT2D eigenvalue weighted by Crippen LogP contribution is -2.20. The Balaban J connectivity index is 2.34. The van der Waals surface area contributed by atoms with Crippen LogP contribution < -0.4 is 16.0 Å². The van der Waals surface area contributed by atoms with Crippen molar-refractivity contribution in [2.75, 3.05) is 5.73 Å². The quantitative estimate of drug-likeness (QED) is 0.815. The van der Waals surface area contributed by atoms with E-state index >= 15 is 0 Å². The van der Waals surface area contributed by atoms with Gasteiger partial charge in [-0.3, -0.25) is 4.79 Å². The van der Waals surface area contributed by atoms with Crippen molar-refractivity contribution in [3.05, 3.63) is 47.0 Å². The summed E-state index contributed by atoms with van der Waals surface area (Å²) in [5.74, 6) is 0.559. The molecule has 0 bridgehead atoms. The third kappa shape index (κ3) is 2.44. The first-order valence-electron chi connectivity index (χ1n) is 5.29. The first kappa shape index (κ1) is 11.2. The smallest absolute Gasteiger partial charge is 0.313 e. The van der Waals surface area contributed by atoms with Crippen molar-refractivity contribution in [1.82, 2.24) is 9.55 Å². The average molecular weight is 231 g/mol. The van der Waals surface area contributed by atoms with Crippen LogP contribution in [-0.2, 0) is 6.54 Å². The summed E-state index contributed by atoms with van der Waals surface area (Å²) < 4.78 is 6.93. The van der Waals surface area contributed by atoms with Gasteiger partial charge in [-0.1, -0.05) is 6.07 Å². The molecule has 1 aromatic heterocycles. The molecule has 5 heteroatoms. The molecule has 0 unspecified atom stereocenters. The highest BCUT2D eigenvalue weighted by Crippen LogP contribution is 2.18. The summed E-state index contributed by atoms with van der Waals surface area (Å²) in [5, 5.41) is 0. The number of benzene rings is 1. The standard InChI is InChI=1S/C12H13N3O2/c1-2-15-7-6-14-11(12(15)16)17-10-5-3-4-9(13)8-10/h3-8H,2,13H2,1H3. The second-order valence-electron chi connectivity index (χ2n) is 3.50. The maximum Gasteiger partial charge on any atom is 0.313 e. The van der Waals surface area contributed by atoms with E-state index in [1.165, 1.54) is 10.8 Å². The molecule has 17 heavy (non-hydrogen) atoms. The van der Waals surface area contributed by atoms with Crippen LogP contribution in [0.15, 0.2) is 41.5 Å². The number of aromatic nitrogens is 2. The zero-order chi connectivity index (χ0) is 12.3. The van der Waals surface area contributed by atoms with Crippen LogP contribution in [0, 0.1) is 0 Å². The zero-order valence-corrected chi connectivity index (χ0v) is 9.46. The van der Waals surface area contributed by atoms with E-state index in [1.54, 1.807) is 30.5 Å². The molecule has 0 saturated carbocycles. The number of anilines is 1. The third-order valence-corrected chi connectivity index (χ3v) is 2.30. The fourth-order valence-electron chi connectivity index (χ4n) is 1.44. The lowest BCUT2D eigenvalue weighted by molar-refractivity contribution is 0.446. The highest BCUT2D eigenvalue weighted by molar-refractivity contribution is 5.44. The normalized spacial score (nSPS) is 10.2. The van der Waals surface area contributed by atoms with E-state index in [9.17, 15) is 4.79 Å². The molecule has 0 aliphatic rings. The van der Waals surface area contributed by atoms with Gasteiger partial charge in [-0.05, 0) is 19.1 Å².